The van der Waals surface area contributed by atoms with Gasteiger partial charge in [-0.05, 0) is 12.1 Å². The summed E-state index contributed by atoms with van der Waals surface area (Å²) in [5, 5.41) is 2.37. The van der Waals surface area contributed by atoms with Gasteiger partial charge in [0.2, 0.25) is 5.95 Å². The monoisotopic (exact) mass is 323 g/mol. The number of nitrogens with one attached hydrogen (secondary N) is 1. The molecule has 7 nitrogen and oxygen atoms in total. The molecule has 1 amide bonds. The van der Waals surface area contributed by atoms with Gasteiger partial charge in [-0.3, -0.25) is 4.79 Å². The molecule has 9 heteroatoms. The lowest BCUT2D eigenvalue weighted by Crippen LogP contribution is -2.26. The van der Waals surface area contributed by atoms with Crippen LogP contribution in [0.2, 0.25) is 0 Å². The highest BCUT2D eigenvalue weighted by molar-refractivity contribution is 5.94. The zero-order chi connectivity index (χ0) is 17.0. The Hall–Kier alpha value is -2.84. The van der Waals surface area contributed by atoms with E-state index in [9.17, 15) is 13.6 Å². The van der Waals surface area contributed by atoms with Crippen molar-refractivity contribution in [3.05, 3.63) is 41.2 Å². The van der Waals surface area contributed by atoms with Gasteiger partial charge in [-0.25, -0.2) is 8.78 Å². The smallest absolute Gasteiger partial charge is 0.321 e. The summed E-state index contributed by atoms with van der Waals surface area (Å²) >= 11 is 0. The molecule has 0 saturated carbocycles. The van der Waals surface area contributed by atoms with Crippen LogP contribution in [0.25, 0.3) is 0 Å². The summed E-state index contributed by atoms with van der Waals surface area (Å²) in [7, 11) is 4.85. The molecule has 2 rings (SSSR count). The Balaban J connectivity index is 2.17. The molecule has 1 aromatic carbocycles. The molecule has 1 aromatic heterocycles. The maximum absolute atomic E-state index is 13.5. The number of benzene rings is 1. The highest BCUT2D eigenvalue weighted by Gasteiger charge is 2.17. The van der Waals surface area contributed by atoms with Crippen LogP contribution in [0.15, 0.2) is 18.2 Å². The van der Waals surface area contributed by atoms with Crippen molar-refractivity contribution in [1.82, 2.24) is 20.3 Å². The van der Waals surface area contributed by atoms with Crippen molar-refractivity contribution in [2.75, 3.05) is 26.1 Å². The maximum atomic E-state index is 13.5. The zero-order valence-corrected chi connectivity index (χ0v) is 12.8. The molecule has 23 heavy (non-hydrogen) atoms. The number of nitrogens with zero attached hydrogens (tertiary/aromatic N) is 4. The molecule has 0 aliphatic rings. The normalized spacial score (nSPS) is 10.3. The van der Waals surface area contributed by atoms with Crippen LogP contribution in [0.1, 0.15) is 16.2 Å². The SMILES string of the molecule is COc1nc(CNC(=O)c2c(F)cccc2F)nc(N(C)C)n1. The standard InChI is InChI=1S/C14H15F2N5O2/c1-21(2)13-18-10(19-14(20-13)23-3)7-17-12(22)11-8(15)5-4-6-9(11)16/h4-6H,7H2,1-3H3,(H,17,22). The van der Waals surface area contributed by atoms with Crippen molar-refractivity contribution in [2.24, 2.45) is 0 Å². The first-order valence-electron chi connectivity index (χ1n) is 6.61. The maximum Gasteiger partial charge on any atom is 0.321 e. The van der Waals surface area contributed by atoms with Crippen molar-refractivity contribution in [3.8, 4) is 6.01 Å². The van der Waals surface area contributed by atoms with E-state index in [1.54, 1.807) is 19.0 Å². The molecular formula is C14H15F2N5O2. The molecule has 0 saturated heterocycles. The minimum atomic E-state index is -0.940. The minimum absolute atomic E-state index is 0.0741. The van der Waals surface area contributed by atoms with Crippen molar-refractivity contribution >= 4 is 11.9 Å². The van der Waals surface area contributed by atoms with Crippen LogP contribution < -0.4 is 15.0 Å². The third-order valence-corrected chi connectivity index (χ3v) is 2.83. The Morgan fingerprint density at radius 2 is 1.87 bits per heavy atom. The quantitative estimate of drug-likeness (QED) is 0.889. The van der Waals surface area contributed by atoms with E-state index in [2.05, 4.69) is 20.3 Å². The number of hydrogen-bond acceptors (Lipinski definition) is 6. The number of ether oxygens (including phenoxy) is 1. The van der Waals surface area contributed by atoms with Crippen molar-refractivity contribution in [1.29, 1.82) is 0 Å². The van der Waals surface area contributed by atoms with Gasteiger partial charge in [-0.2, -0.15) is 15.0 Å². The summed E-state index contributed by atoms with van der Waals surface area (Å²) in [5.74, 6) is -2.25. The molecule has 0 radical (unpaired) electrons. The van der Waals surface area contributed by atoms with E-state index in [1.165, 1.54) is 13.2 Å². The zero-order valence-electron chi connectivity index (χ0n) is 12.8. The number of aromatic nitrogens is 3. The van der Waals surface area contributed by atoms with Gasteiger partial charge in [0, 0.05) is 14.1 Å². The van der Waals surface area contributed by atoms with E-state index in [1.807, 2.05) is 0 Å². The molecule has 0 aliphatic carbocycles. The van der Waals surface area contributed by atoms with Crippen molar-refractivity contribution < 1.29 is 18.3 Å². The fourth-order valence-corrected chi connectivity index (χ4v) is 1.72. The molecule has 0 aliphatic heterocycles. The third kappa shape index (κ3) is 3.87. The number of carbonyl (C=O) groups excluding carboxylic acids is 1. The highest BCUT2D eigenvalue weighted by Crippen LogP contribution is 2.13. The van der Waals surface area contributed by atoms with Gasteiger partial charge in [0.05, 0.1) is 13.7 Å². The summed E-state index contributed by atoms with van der Waals surface area (Å²) < 4.78 is 32.0. The summed E-state index contributed by atoms with van der Waals surface area (Å²) in [6.45, 7) is -0.133. The summed E-state index contributed by atoms with van der Waals surface area (Å²) in [6, 6.07) is 3.27. The van der Waals surface area contributed by atoms with E-state index < -0.39 is 23.1 Å². The Morgan fingerprint density at radius 3 is 2.43 bits per heavy atom. The molecule has 0 fully saturated rings. The summed E-state index contributed by atoms with van der Waals surface area (Å²) in [6.07, 6.45) is 0. The number of halogens is 2. The largest absolute Gasteiger partial charge is 0.467 e. The summed E-state index contributed by atoms with van der Waals surface area (Å²) in [4.78, 5) is 25.7. The van der Waals surface area contributed by atoms with Crippen LogP contribution in [0.4, 0.5) is 14.7 Å². The van der Waals surface area contributed by atoms with Gasteiger partial charge in [0.1, 0.15) is 17.2 Å². The number of rotatable bonds is 5. The topological polar surface area (TPSA) is 80.2 Å². The fourth-order valence-electron chi connectivity index (χ4n) is 1.72. The molecule has 122 valence electrons. The van der Waals surface area contributed by atoms with Crippen molar-refractivity contribution in [2.45, 2.75) is 6.54 Å². The van der Waals surface area contributed by atoms with Crippen LogP contribution in [0, 0.1) is 11.6 Å². The van der Waals surface area contributed by atoms with Crippen LogP contribution in [-0.2, 0) is 6.54 Å². The number of anilines is 1. The fraction of sp³-hybridized carbons (Fsp3) is 0.286. The lowest BCUT2D eigenvalue weighted by molar-refractivity contribution is 0.0941. The van der Waals surface area contributed by atoms with Gasteiger partial charge >= 0.3 is 6.01 Å². The van der Waals surface area contributed by atoms with Gasteiger partial charge in [0.25, 0.3) is 5.91 Å². The molecule has 1 heterocycles. The first kappa shape index (κ1) is 16.5. The number of amides is 1. The first-order chi connectivity index (χ1) is 10.9. The number of carbonyl (C=O) groups is 1. The van der Waals surface area contributed by atoms with E-state index in [-0.39, 0.29) is 18.4 Å². The van der Waals surface area contributed by atoms with Gasteiger partial charge in [-0.15, -0.1) is 0 Å². The van der Waals surface area contributed by atoms with Gasteiger partial charge < -0.3 is 15.0 Å². The van der Waals surface area contributed by atoms with E-state index >= 15 is 0 Å². The van der Waals surface area contributed by atoms with Gasteiger partial charge in [0.15, 0.2) is 5.82 Å². The second kappa shape index (κ2) is 6.95. The lowest BCUT2D eigenvalue weighted by atomic mass is 10.2. The molecule has 2 aromatic rings. The Morgan fingerprint density at radius 1 is 1.22 bits per heavy atom. The first-order valence-corrected chi connectivity index (χ1v) is 6.61. The van der Waals surface area contributed by atoms with Crippen molar-refractivity contribution in [3.63, 3.8) is 0 Å². The van der Waals surface area contributed by atoms with Crippen LogP contribution in [0.3, 0.4) is 0 Å². The second-order valence-electron chi connectivity index (χ2n) is 4.71. The van der Waals surface area contributed by atoms with Crippen LogP contribution >= 0.6 is 0 Å². The summed E-state index contributed by atoms with van der Waals surface area (Å²) in [5.41, 5.74) is -0.652. The number of hydrogen-bond donors (Lipinski definition) is 1. The van der Waals surface area contributed by atoms with Gasteiger partial charge in [-0.1, -0.05) is 6.07 Å². The molecule has 0 unspecified atom stereocenters. The average molecular weight is 323 g/mol. The number of methoxy groups -OCH3 is 1. The van der Waals surface area contributed by atoms with Crippen LogP contribution in [-0.4, -0.2) is 42.1 Å². The molecule has 0 atom stereocenters. The lowest BCUT2D eigenvalue weighted by Gasteiger charge is -2.12. The Kier molecular flexibility index (Phi) is 4.99. The van der Waals surface area contributed by atoms with E-state index in [4.69, 9.17) is 4.74 Å². The average Bonchev–Trinajstić information content (AvgIpc) is 2.52. The van der Waals surface area contributed by atoms with E-state index in [0.29, 0.717) is 5.95 Å². The molecule has 1 N–H and O–H groups in total. The Bertz CT molecular complexity index is 704. The van der Waals surface area contributed by atoms with Crippen LogP contribution in [0.5, 0.6) is 6.01 Å². The molecular weight excluding hydrogens is 308 g/mol. The Labute approximate surface area is 131 Å². The minimum Gasteiger partial charge on any atom is -0.467 e. The van der Waals surface area contributed by atoms with E-state index in [0.717, 1.165) is 12.1 Å². The highest BCUT2D eigenvalue weighted by atomic mass is 19.1. The predicted molar refractivity (Wildman–Crippen MR) is 78.2 cm³/mol. The molecule has 0 bridgehead atoms. The predicted octanol–water partition coefficient (Wildman–Crippen LogP) is 1.15. The second-order valence-corrected chi connectivity index (χ2v) is 4.71. The third-order valence-electron chi connectivity index (χ3n) is 2.83. The molecule has 0 spiro atoms.